The number of hydrogen-bond acceptors (Lipinski definition) is 5. The summed E-state index contributed by atoms with van der Waals surface area (Å²) in [4.78, 5) is 16.5. The summed E-state index contributed by atoms with van der Waals surface area (Å²) < 4.78 is 13.4. The first-order valence-corrected chi connectivity index (χ1v) is 12.2. The van der Waals surface area contributed by atoms with E-state index >= 15 is 0 Å². The van der Waals surface area contributed by atoms with E-state index in [-0.39, 0.29) is 10.9 Å². The average molecular weight is 393 g/mol. The molecule has 0 saturated carbocycles. The molecule has 0 aliphatic rings. The fraction of sp³-hybridized carbons (Fsp3) is 0.579. The molecule has 1 amide bonds. The molecule has 2 rings (SSSR count). The highest BCUT2D eigenvalue weighted by Crippen LogP contribution is 2.36. The van der Waals surface area contributed by atoms with Crippen LogP contribution in [-0.4, -0.2) is 50.1 Å². The monoisotopic (exact) mass is 392 g/mol. The van der Waals surface area contributed by atoms with E-state index in [4.69, 9.17) is 14.9 Å². The first-order chi connectivity index (χ1) is 12.5. The molecule has 1 heterocycles. The lowest BCUT2D eigenvalue weighted by atomic mass is 10.2. The van der Waals surface area contributed by atoms with E-state index in [2.05, 4.69) is 44.2 Å². The predicted octanol–water partition coefficient (Wildman–Crippen LogP) is 2.92. The number of nitrogens with two attached hydrogens (primary N) is 1. The largest absolute Gasteiger partial charge is 0.414 e. The number of rotatable bonds is 8. The lowest BCUT2D eigenvalue weighted by molar-refractivity contribution is 0.0851. The van der Waals surface area contributed by atoms with Crippen LogP contribution in [0, 0.1) is 0 Å². The number of amides is 1. The number of fused-ring (bicyclic) bond motifs is 1. The molecular weight excluding hydrogens is 360 g/mol. The van der Waals surface area contributed by atoms with Crippen molar-refractivity contribution < 1.29 is 14.0 Å². The number of carbonyl (C=O) groups is 1. The van der Waals surface area contributed by atoms with Crippen LogP contribution in [0.25, 0.3) is 11.0 Å². The molecule has 0 bridgehead atoms. The van der Waals surface area contributed by atoms with Crippen molar-refractivity contribution in [1.82, 2.24) is 14.9 Å². The average Bonchev–Trinajstić information content (AvgIpc) is 2.86. The standard InChI is InChI=1S/C19H32N4O3Si/c1-19(2,3)27(5,6)26-12-11-25-10-9-21-17(24)14-7-8-16-15(13-14)22-18(20)23(16)4/h7-8,13H,9-12H2,1-6H3,(H2,20,22)(H,21,24). The number of nitrogen functional groups attached to an aromatic ring is 1. The van der Waals surface area contributed by atoms with Gasteiger partial charge in [0.25, 0.3) is 5.91 Å². The number of nitrogens with one attached hydrogen (secondary N) is 1. The first kappa shape index (κ1) is 21.4. The second-order valence-electron chi connectivity index (χ2n) is 8.21. The van der Waals surface area contributed by atoms with E-state index in [0.29, 0.717) is 43.4 Å². The molecule has 0 unspecified atom stereocenters. The van der Waals surface area contributed by atoms with Gasteiger partial charge < -0.3 is 24.8 Å². The molecule has 7 nitrogen and oxygen atoms in total. The second-order valence-corrected chi connectivity index (χ2v) is 13.0. The van der Waals surface area contributed by atoms with Crippen LogP contribution in [0.5, 0.6) is 0 Å². The summed E-state index contributed by atoms with van der Waals surface area (Å²) in [5.74, 6) is 0.276. The minimum atomic E-state index is -1.73. The quantitative estimate of drug-likeness (QED) is 0.532. The molecule has 1 aromatic carbocycles. The number of nitrogens with zero attached hydrogens (tertiary/aromatic N) is 2. The third-order valence-corrected chi connectivity index (χ3v) is 9.74. The number of aromatic nitrogens is 2. The van der Waals surface area contributed by atoms with Gasteiger partial charge in [-0.1, -0.05) is 20.8 Å². The molecule has 3 N–H and O–H groups in total. The maximum Gasteiger partial charge on any atom is 0.251 e. The van der Waals surface area contributed by atoms with Crippen LogP contribution in [0.2, 0.25) is 18.1 Å². The summed E-state index contributed by atoms with van der Waals surface area (Å²) in [7, 11) is 0.117. The minimum Gasteiger partial charge on any atom is -0.414 e. The number of carbonyl (C=O) groups excluding carboxylic acids is 1. The van der Waals surface area contributed by atoms with Crippen molar-refractivity contribution in [2.75, 3.05) is 32.1 Å². The van der Waals surface area contributed by atoms with Gasteiger partial charge in [0.2, 0.25) is 5.95 Å². The van der Waals surface area contributed by atoms with Crippen LogP contribution in [0.4, 0.5) is 5.95 Å². The SMILES string of the molecule is Cn1c(N)nc2cc(C(=O)NCCOCCO[Si](C)(C)C(C)(C)C)ccc21. The molecule has 8 heteroatoms. The van der Waals surface area contributed by atoms with E-state index in [0.717, 1.165) is 5.52 Å². The van der Waals surface area contributed by atoms with Gasteiger partial charge in [-0.2, -0.15) is 0 Å². The molecule has 2 aromatic rings. The van der Waals surface area contributed by atoms with Crippen LogP contribution in [0.15, 0.2) is 18.2 Å². The Labute approximate surface area is 162 Å². The number of hydrogen-bond donors (Lipinski definition) is 2. The molecule has 0 radical (unpaired) electrons. The molecule has 0 aliphatic heterocycles. The van der Waals surface area contributed by atoms with Crippen molar-refractivity contribution >= 4 is 31.2 Å². The van der Waals surface area contributed by atoms with Gasteiger partial charge in [-0.25, -0.2) is 4.98 Å². The van der Waals surface area contributed by atoms with Crippen LogP contribution >= 0.6 is 0 Å². The Bertz CT molecular complexity index is 796. The third-order valence-electron chi connectivity index (χ3n) is 5.21. The lowest BCUT2D eigenvalue weighted by Gasteiger charge is -2.36. The zero-order valence-corrected chi connectivity index (χ0v) is 18.3. The molecule has 150 valence electrons. The van der Waals surface area contributed by atoms with Crippen molar-refractivity contribution in [2.24, 2.45) is 7.05 Å². The van der Waals surface area contributed by atoms with Gasteiger partial charge in [-0.3, -0.25) is 4.79 Å². The van der Waals surface area contributed by atoms with Crippen LogP contribution in [-0.2, 0) is 16.2 Å². The molecule has 1 aromatic heterocycles. The van der Waals surface area contributed by atoms with Crippen LogP contribution in [0.3, 0.4) is 0 Å². The smallest absolute Gasteiger partial charge is 0.251 e. The number of aryl methyl sites for hydroxylation is 1. The predicted molar refractivity (Wildman–Crippen MR) is 111 cm³/mol. The highest BCUT2D eigenvalue weighted by Gasteiger charge is 2.36. The minimum absolute atomic E-state index is 0.151. The summed E-state index contributed by atoms with van der Waals surface area (Å²) in [5, 5.41) is 3.05. The van der Waals surface area contributed by atoms with Crippen LogP contribution in [0.1, 0.15) is 31.1 Å². The molecule has 0 atom stereocenters. The van der Waals surface area contributed by atoms with Gasteiger partial charge >= 0.3 is 0 Å². The van der Waals surface area contributed by atoms with E-state index in [9.17, 15) is 4.79 Å². The van der Waals surface area contributed by atoms with Gasteiger partial charge in [0.15, 0.2) is 8.32 Å². The first-order valence-electron chi connectivity index (χ1n) is 9.25. The van der Waals surface area contributed by atoms with Crippen LogP contribution < -0.4 is 11.1 Å². The summed E-state index contributed by atoms with van der Waals surface area (Å²) in [6.45, 7) is 13.1. The Kier molecular flexibility index (Phi) is 6.66. The highest BCUT2D eigenvalue weighted by atomic mass is 28.4. The Morgan fingerprint density at radius 1 is 1.26 bits per heavy atom. The van der Waals surface area contributed by atoms with Gasteiger partial charge in [-0.15, -0.1) is 0 Å². The molecule has 0 fully saturated rings. The van der Waals surface area contributed by atoms with Crippen molar-refractivity contribution in [2.45, 2.75) is 38.9 Å². The van der Waals surface area contributed by atoms with Crippen molar-refractivity contribution in [3.63, 3.8) is 0 Å². The Hall–Kier alpha value is -1.90. The lowest BCUT2D eigenvalue weighted by Crippen LogP contribution is -2.41. The normalized spacial score (nSPS) is 12.5. The molecule has 0 saturated heterocycles. The number of imidazole rings is 1. The Morgan fingerprint density at radius 2 is 1.96 bits per heavy atom. The van der Waals surface area contributed by atoms with Gasteiger partial charge in [-0.05, 0) is 36.3 Å². The summed E-state index contributed by atoms with van der Waals surface area (Å²) in [5.41, 5.74) is 7.96. The van der Waals surface area contributed by atoms with E-state index in [1.807, 2.05) is 13.1 Å². The fourth-order valence-electron chi connectivity index (χ4n) is 2.37. The number of ether oxygens (including phenoxy) is 1. The molecular formula is C19H32N4O3Si. The van der Waals surface area contributed by atoms with E-state index < -0.39 is 8.32 Å². The summed E-state index contributed by atoms with van der Waals surface area (Å²) >= 11 is 0. The zero-order valence-electron chi connectivity index (χ0n) is 17.3. The molecule has 27 heavy (non-hydrogen) atoms. The van der Waals surface area contributed by atoms with Crippen molar-refractivity contribution in [3.8, 4) is 0 Å². The van der Waals surface area contributed by atoms with Gasteiger partial charge in [0, 0.05) is 19.2 Å². The maximum atomic E-state index is 12.3. The summed E-state index contributed by atoms with van der Waals surface area (Å²) in [6.07, 6.45) is 0. The van der Waals surface area contributed by atoms with Gasteiger partial charge in [0.1, 0.15) is 0 Å². The van der Waals surface area contributed by atoms with E-state index in [1.54, 1.807) is 16.7 Å². The van der Waals surface area contributed by atoms with E-state index in [1.165, 1.54) is 0 Å². The zero-order chi connectivity index (χ0) is 20.2. The van der Waals surface area contributed by atoms with Crippen molar-refractivity contribution in [1.29, 1.82) is 0 Å². The number of benzene rings is 1. The Balaban J connectivity index is 1.71. The third kappa shape index (κ3) is 5.30. The summed E-state index contributed by atoms with van der Waals surface area (Å²) in [6, 6.07) is 5.37. The Morgan fingerprint density at radius 3 is 2.63 bits per heavy atom. The number of anilines is 1. The fourth-order valence-corrected chi connectivity index (χ4v) is 3.40. The van der Waals surface area contributed by atoms with Gasteiger partial charge in [0.05, 0.1) is 30.9 Å². The second kappa shape index (κ2) is 8.41. The topological polar surface area (TPSA) is 91.4 Å². The molecule has 0 spiro atoms. The van der Waals surface area contributed by atoms with Crippen molar-refractivity contribution in [3.05, 3.63) is 23.8 Å². The molecule has 0 aliphatic carbocycles. The highest BCUT2D eigenvalue weighted by molar-refractivity contribution is 6.74. The maximum absolute atomic E-state index is 12.3.